The zero-order chi connectivity index (χ0) is 7.56. The van der Waals surface area contributed by atoms with Gasteiger partial charge in [0.15, 0.2) is 0 Å². The molecular formula is C5H8N4S. The van der Waals surface area contributed by atoms with Crippen LogP contribution in [0.5, 0.6) is 0 Å². The van der Waals surface area contributed by atoms with Crippen LogP contribution in [0.4, 0.5) is 0 Å². The summed E-state index contributed by atoms with van der Waals surface area (Å²) in [6, 6.07) is 0. The van der Waals surface area contributed by atoms with Crippen LogP contribution in [0.2, 0.25) is 0 Å². The van der Waals surface area contributed by atoms with Gasteiger partial charge in [-0.2, -0.15) is 4.37 Å². The summed E-state index contributed by atoms with van der Waals surface area (Å²) in [5, 5.41) is 7.32. The second kappa shape index (κ2) is 2.74. The molecule has 0 aliphatic carbocycles. The van der Waals surface area contributed by atoms with Gasteiger partial charge in [0.25, 0.3) is 0 Å². The molecule has 1 N–H and O–H groups in total. The molecule has 0 fully saturated rings. The average Bonchev–Trinajstić information content (AvgIpc) is 1.95. The second-order valence-corrected chi connectivity index (χ2v) is 2.55. The molecule has 1 rings (SSSR count). The lowest BCUT2D eigenvalue weighted by Crippen LogP contribution is -2.28. The van der Waals surface area contributed by atoms with Gasteiger partial charge in [-0.3, -0.25) is 10.4 Å². The van der Waals surface area contributed by atoms with Gasteiger partial charge in [0.2, 0.25) is 4.80 Å². The lowest BCUT2D eigenvalue weighted by atomic mass is 10.8. The third-order valence-electron chi connectivity index (χ3n) is 1.18. The second-order valence-electron chi connectivity index (χ2n) is 1.77. The van der Waals surface area contributed by atoms with E-state index in [9.17, 15) is 0 Å². The van der Waals surface area contributed by atoms with E-state index in [0.29, 0.717) is 4.80 Å². The van der Waals surface area contributed by atoms with Crippen LogP contribution < -0.4 is 10.3 Å². The standard InChI is InChI=1S/C5H8N4S/c1-7-4-3-8-10-5(6)9(4)2/h3,6H,1-2H3. The van der Waals surface area contributed by atoms with E-state index in [1.165, 1.54) is 0 Å². The normalized spacial score (nSPS) is 12.0. The topological polar surface area (TPSA) is 54.0 Å². The first-order chi connectivity index (χ1) is 4.75. The molecule has 0 aliphatic rings. The largest absolute Gasteiger partial charge is 0.304 e. The maximum absolute atomic E-state index is 7.32. The number of nitrogens with one attached hydrogen (secondary N) is 1. The SMILES string of the molecule is CN=c1cnsc(=N)n1C. The quantitative estimate of drug-likeness (QED) is 0.540. The third kappa shape index (κ3) is 1.13. The Kier molecular flexibility index (Phi) is 1.96. The number of aromatic nitrogens is 2. The smallest absolute Gasteiger partial charge is 0.201 e. The minimum atomic E-state index is 0.406. The molecule has 0 unspecified atom stereocenters. The summed E-state index contributed by atoms with van der Waals surface area (Å²) in [4.78, 5) is 4.32. The number of nitrogens with zero attached hydrogens (tertiary/aromatic N) is 3. The fourth-order valence-electron chi connectivity index (χ4n) is 0.583. The van der Waals surface area contributed by atoms with Crippen molar-refractivity contribution >= 4 is 11.5 Å². The fraction of sp³-hybridized carbons (Fsp3) is 0.400. The Morgan fingerprint density at radius 3 is 3.00 bits per heavy atom. The molecule has 0 saturated carbocycles. The molecule has 1 aromatic rings. The van der Waals surface area contributed by atoms with Crippen LogP contribution in [0.15, 0.2) is 11.2 Å². The predicted octanol–water partition coefficient (Wildman–Crippen LogP) is -0.508. The molecule has 4 nitrogen and oxygen atoms in total. The Balaban J connectivity index is 3.59. The van der Waals surface area contributed by atoms with E-state index in [0.717, 1.165) is 17.0 Å². The van der Waals surface area contributed by atoms with E-state index in [4.69, 9.17) is 5.41 Å². The lowest BCUT2D eigenvalue weighted by molar-refractivity contribution is 0.776. The first-order valence-electron chi connectivity index (χ1n) is 2.75. The van der Waals surface area contributed by atoms with Gasteiger partial charge in [-0.25, -0.2) is 0 Å². The van der Waals surface area contributed by atoms with Crippen LogP contribution in [0.1, 0.15) is 0 Å². The van der Waals surface area contributed by atoms with E-state index in [-0.39, 0.29) is 0 Å². The molecule has 0 bridgehead atoms. The van der Waals surface area contributed by atoms with Gasteiger partial charge in [-0.15, -0.1) is 0 Å². The number of hydrogen-bond acceptors (Lipinski definition) is 4. The highest BCUT2D eigenvalue weighted by molar-refractivity contribution is 7.02. The number of rotatable bonds is 0. The lowest BCUT2D eigenvalue weighted by Gasteiger charge is -1.94. The van der Waals surface area contributed by atoms with Crippen molar-refractivity contribution in [3.8, 4) is 0 Å². The van der Waals surface area contributed by atoms with Gasteiger partial charge in [0.05, 0.1) is 6.20 Å². The summed E-state index contributed by atoms with van der Waals surface area (Å²) in [5.74, 6) is 0. The Hall–Kier alpha value is -0.970. The minimum absolute atomic E-state index is 0.406. The van der Waals surface area contributed by atoms with Crippen LogP contribution in [-0.4, -0.2) is 16.0 Å². The molecule has 0 aromatic carbocycles. The average molecular weight is 156 g/mol. The van der Waals surface area contributed by atoms with Crippen molar-refractivity contribution in [1.82, 2.24) is 8.94 Å². The monoisotopic (exact) mass is 156 g/mol. The summed E-state index contributed by atoms with van der Waals surface area (Å²) >= 11 is 1.14. The van der Waals surface area contributed by atoms with Crippen molar-refractivity contribution in [2.75, 3.05) is 7.05 Å². The van der Waals surface area contributed by atoms with Crippen LogP contribution in [-0.2, 0) is 7.05 Å². The summed E-state index contributed by atoms with van der Waals surface area (Å²) in [6.45, 7) is 0. The van der Waals surface area contributed by atoms with Gasteiger partial charge in [0.1, 0.15) is 5.49 Å². The third-order valence-corrected chi connectivity index (χ3v) is 1.84. The molecule has 54 valence electrons. The Labute approximate surface area is 62.2 Å². The molecular weight excluding hydrogens is 148 g/mol. The highest BCUT2D eigenvalue weighted by atomic mass is 32.1. The van der Waals surface area contributed by atoms with Gasteiger partial charge < -0.3 is 4.57 Å². The van der Waals surface area contributed by atoms with E-state index in [1.54, 1.807) is 24.9 Å². The van der Waals surface area contributed by atoms with Crippen molar-refractivity contribution in [2.24, 2.45) is 12.0 Å². The van der Waals surface area contributed by atoms with Crippen LogP contribution >= 0.6 is 11.5 Å². The zero-order valence-electron chi connectivity index (χ0n) is 5.83. The Morgan fingerprint density at radius 2 is 2.50 bits per heavy atom. The molecule has 0 spiro atoms. The maximum Gasteiger partial charge on any atom is 0.201 e. The van der Waals surface area contributed by atoms with Gasteiger partial charge >= 0.3 is 0 Å². The van der Waals surface area contributed by atoms with E-state index in [1.807, 2.05) is 0 Å². The highest BCUT2D eigenvalue weighted by Crippen LogP contribution is 1.68. The van der Waals surface area contributed by atoms with Crippen LogP contribution in [0, 0.1) is 5.41 Å². The van der Waals surface area contributed by atoms with Crippen molar-refractivity contribution in [2.45, 2.75) is 0 Å². The van der Waals surface area contributed by atoms with Crippen LogP contribution in [0.25, 0.3) is 0 Å². The first kappa shape index (κ1) is 7.14. The van der Waals surface area contributed by atoms with Crippen molar-refractivity contribution < 1.29 is 0 Å². The molecule has 10 heavy (non-hydrogen) atoms. The van der Waals surface area contributed by atoms with Crippen molar-refractivity contribution in [3.05, 3.63) is 16.5 Å². The maximum atomic E-state index is 7.32. The summed E-state index contributed by atoms with van der Waals surface area (Å²) in [5.41, 5.74) is 0.726. The van der Waals surface area contributed by atoms with Crippen molar-refractivity contribution in [1.29, 1.82) is 5.41 Å². The van der Waals surface area contributed by atoms with E-state index in [2.05, 4.69) is 9.37 Å². The molecule has 0 radical (unpaired) electrons. The number of hydrogen-bond donors (Lipinski definition) is 1. The predicted molar refractivity (Wildman–Crippen MR) is 38.4 cm³/mol. The Morgan fingerprint density at radius 1 is 1.80 bits per heavy atom. The first-order valence-corrected chi connectivity index (χ1v) is 3.52. The molecule has 1 heterocycles. The van der Waals surface area contributed by atoms with Crippen LogP contribution in [0.3, 0.4) is 0 Å². The summed E-state index contributed by atoms with van der Waals surface area (Å²) < 4.78 is 5.53. The molecule has 5 heteroatoms. The van der Waals surface area contributed by atoms with Crippen molar-refractivity contribution in [3.63, 3.8) is 0 Å². The summed E-state index contributed by atoms with van der Waals surface area (Å²) in [6.07, 6.45) is 1.64. The summed E-state index contributed by atoms with van der Waals surface area (Å²) in [7, 11) is 3.48. The van der Waals surface area contributed by atoms with Gasteiger partial charge in [0, 0.05) is 25.6 Å². The zero-order valence-corrected chi connectivity index (χ0v) is 6.64. The molecule has 1 aromatic heterocycles. The Bertz CT molecular complexity index is 334. The van der Waals surface area contributed by atoms with Gasteiger partial charge in [-0.1, -0.05) is 0 Å². The molecule has 0 amide bonds. The molecule has 0 saturated heterocycles. The fourth-order valence-corrected chi connectivity index (χ4v) is 1.05. The van der Waals surface area contributed by atoms with E-state index >= 15 is 0 Å². The van der Waals surface area contributed by atoms with E-state index < -0.39 is 0 Å². The molecule has 0 atom stereocenters. The molecule has 0 aliphatic heterocycles. The van der Waals surface area contributed by atoms with Gasteiger partial charge in [-0.05, 0) is 0 Å². The minimum Gasteiger partial charge on any atom is -0.304 e. The highest BCUT2D eigenvalue weighted by Gasteiger charge is 1.86.